The van der Waals surface area contributed by atoms with E-state index in [1.54, 1.807) is 7.11 Å². The summed E-state index contributed by atoms with van der Waals surface area (Å²) in [5.41, 5.74) is 3.16. The largest absolute Gasteiger partial charge is 0.378 e. The maximum Gasteiger partial charge on any atom is 0.264 e. The number of anilines is 3. The van der Waals surface area contributed by atoms with Gasteiger partial charge in [0, 0.05) is 51.9 Å². The van der Waals surface area contributed by atoms with E-state index in [1.807, 2.05) is 23.4 Å². The third-order valence-electron chi connectivity index (χ3n) is 7.75. The van der Waals surface area contributed by atoms with E-state index in [9.17, 15) is 4.79 Å². The molecule has 0 atom stereocenters. The molecular weight excluding hydrogens is 474 g/mol. The van der Waals surface area contributed by atoms with Crippen molar-refractivity contribution in [3.8, 4) is 0 Å². The van der Waals surface area contributed by atoms with Crippen LogP contribution in [0.5, 0.6) is 0 Å². The minimum absolute atomic E-state index is 0.101. The number of likely N-dealkylation sites (N-methyl/N-ethyl adjacent to an activating group) is 1. The van der Waals surface area contributed by atoms with Gasteiger partial charge in [0.1, 0.15) is 5.82 Å². The Bertz CT molecular complexity index is 1230. The third-order valence-corrected chi connectivity index (χ3v) is 8.87. The van der Waals surface area contributed by atoms with Gasteiger partial charge in [-0.05, 0) is 37.9 Å². The topological polar surface area (TPSA) is 86.7 Å². The Morgan fingerprint density at radius 3 is 2.56 bits per heavy atom. The quantitative estimate of drug-likeness (QED) is 0.540. The van der Waals surface area contributed by atoms with Crippen LogP contribution in [0.25, 0.3) is 10.2 Å². The molecule has 3 fully saturated rings. The SMILES string of the molecule is COC1CN(C(=O)c2sc3cnc(Nc4ccc(N5CCN(C)CC5)cn4)nc3c2C2CCCC2)C1. The van der Waals surface area contributed by atoms with Gasteiger partial charge in [0.05, 0.1) is 39.3 Å². The first-order chi connectivity index (χ1) is 17.6. The van der Waals surface area contributed by atoms with Crippen LogP contribution in [-0.2, 0) is 4.74 Å². The van der Waals surface area contributed by atoms with E-state index in [0.717, 1.165) is 65.4 Å². The lowest BCUT2D eigenvalue weighted by atomic mass is 9.96. The Kier molecular flexibility index (Phi) is 6.49. The van der Waals surface area contributed by atoms with Crippen molar-refractivity contribution in [2.45, 2.75) is 37.7 Å². The second kappa shape index (κ2) is 9.91. The van der Waals surface area contributed by atoms with Crippen LogP contribution in [0.4, 0.5) is 17.5 Å². The van der Waals surface area contributed by atoms with E-state index in [4.69, 9.17) is 9.72 Å². The molecule has 9 nitrogen and oxygen atoms in total. The van der Waals surface area contributed by atoms with Crippen molar-refractivity contribution in [3.63, 3.8) is 0 Å². The average molecular weight is 508 g/mol. The smallest absolute Gasteiger partial charge is 0.264 e. The van der Waals surface area contributed by atoms with E-state index in [1.165, 1.54) is 24.2 Å². The number of fused-ring (bicyclic) bond motifs is 1. The zero-order valence-corrected chi connectivity index (χ0v) is 21.8. The Labute approximate surface area is 215 Å². The third kappa shape index (κ3) is 4.53. The number of thiophene rings is 1. The highest BCUT2D eigenvalue weighted by Gasteiger charge is 2.36. The molecule has 10 heteroatoms. The molecule has 0 bridgehead atoms. The highest BCUT2D eigenvalue weighted by atomic mass is 32.1. The predicted octanol–water partition coefficient (Wildman–Crippen LogP) is 3.71. The summed E-state index contributed by atoms with van der Waals surface area (Å²) < 4.78 is 6.34. The number of likely N-dealkylation sites (tertiary alicyclic amines) is 1. The molecule has 3 aromatic rings. The van der Waals surface area contributed by atoms with Crippen LogP contribution >= 0.6 is 11.3 Å². The van der Waals surface area contributed by atoms with Crippen molar-refractivity contribution in [3.05, 3.63) is 35.0 Å². The summed E-state index contributed by atoms with van der Waals surface area (Å²) in [6, 6.07) is 4.09. The fourth-order valence-electron chi connectivity index (χ4n) is 5.45. The summed E-state index contributed by atoms with van der Waals surface area (Å²) >= 11 is 1.53. The van der Waals surface area contributed by atoms with Gasteiger partial charge in [0.25, 0.3) is 5.91 Å². The van der Waals surface area contributed by atoms with E-state index < -0.39 is 0 Å². The first-order valence-corrected chi connectivity index (χ1v) is 13.7. The molecule has 6 rings (SSSR count). The molecule has 1 amide bonds. The number of aromatic nitrogens is 3. The molecule has 2 saturated heterocycles. The van der Waals surface area contributed by atoms with Crippen molar-refractivity contribution >= 4 is 44.9 Å². The molecule has 36 heavy (non-hydrogen) atoms. The lowest BCUT2D eigenvalue weighted by Crippen LogP contribution is -2.54. The number of rotatable bonds is 6. The first-order valence-electron chi connectivity index (χ1n) is 12.9. The molecular formula is C26H33N7O2S. The summed E-state index contributed by atoms with van der Waals surface area (Å²) in [5, 5.41) is 3.28. The number of ether oxygens (including phenoxy) is 1. The van der Waals surface area contributed by atoms with Crippen LogP contribution in [0, 0.1) is 0 Å². The van der Waals surface area contributed by atoms with E-state index in [0.29, 0.717) is 30.8 Å². The number of amides is 1. The zero-order chi connectivity index (χ0) is 24.6. The van der Waals surface area contributed by atoms with Crippen molar-refractivity contribution in [2.24, 2.45) is 0 Å². The van der Waals surface area contributed by atoms with Gasteiger partial charge in [-0.15, -0.1) is 11.3 Å². The van der Waals surface area contributed by atoms with Crippen LogP contribution in [0.3, 0.4) is 0 Å². The summed E-state index contributed by atoms with van der Waals surface area (Å²) in [6.07, 6.45) is 8.51. The normalized spacial score (nSPS) is 19.7. The van der Waals surface area contributed by atoms with Crippen LogP contribution in [0.15, 0.2) is 24.5 Å². The second-order valence-corrected chi connectivity index (χ2v) is 11.2. The lowest BCUT2D eigenvalue weighted by molar-refractivity contribution is -0.0190. The number of pyridine rings is 1. The number of nitrogens with zero attached hydrogens (tertiary/aromatic N) is 6. The van der Waals surface area contributed by atoms with Gasteiger partial charge in [-0.1, -0.05) is 12.8 Å². The van der Waals surface area contributed by atoms with Crippen LogP contribution < -0.4 is 10.2 Å². The number of hydrogen-bond acceptors (Lipinski definition) is 9. The van der Waals surface area contributed by atoms with Gasteiger partial charge in [-0.25, -0.2) is 15.0 Å². The Balaban J connectivity index is 1.25. The maximum absolute atomic E-state index is 13.4. The van der Waals surface area contributed by atoms with Crippen LogP contribution in [-0.4, -0.2) is 90.2 Å². The lowest BCUT2D eigenvalue weighted by Gasteiger charge is -2.38. The number of methoxy groups -OCH3 is 1. The van der Waals surface area contributed by atoms with Crippen LogP contribution in [0.2, 0.25) is 0 Å². The molecule has 1 saturated carbocycles. The van der Waals surface area contributed by atoms with Gasteiger partial charge in [0.15, 0.2) is 0 Å². The van der Waals surface area contributed by atoms with Crippen molar-refractivity contribution < 1.29 is 9.53 Å². The van der Waals surface area contributed by atoms with Crippen molar-refractivity contribution in [1.29, 1.82) is 0 Å². The summed E-state index contributed by atoms with van der Waals surface area (Å²) in [5.74, 6) is 1.71. The summed E-state index contributed by atoms with van der Waals surface area (Å²) in [7, 11) is 3.86. The highest BCUT2D eigenvalue weighted by molar-refractivity contribution is 7.21. The second-order valence-electron chi connectivity index (χ2n) is 10.1. The molecule has 0 radical (unpaired) electrons. The average Bonchev–Trinajstić information content (AvgIpc) is 3.52. The van der Waals surface area contributed by atoms with Crippen molar-refractivity contribution in [1.82, 2.24) is 24.8 Å². The van der Waals surface area contributed by atoms with E-state index >= 15 is 0 Å². The summed E-state index contributed by atoms with van der Waals surface area (Å²) in [6.45, 7) is 5.46. The predicted molar refractivity (Wildman–Crippen MR) is 143 cm³/mol. The van der Waals surface area contributed by atoms with Gasteiger partial charge >= 0.3 is 0 Å². The first kappa shape index (κ1) is 23.6. The van der Waals surface area contributed by atoms with Crippen LogP contribution in [0.1, 0.15) is 46.8 Å². The van der Waals surface area contributed by atoms with Crippen molar-refractivity contribution in [2.75, 3.05) is 63.6 Å². The minimum Gasteiger partial charge on any atom is -0.378 e. The molecule has 0 spiro atoms. The Morgan fingerprint density at radius 1 is 1.08 bits per heavy atom. The van der Waals surface area contributed by atoms with Gasteiger partial charge < -0.3 is 24.8 Å². The van der Waals surface area contributed by atoms with Gasteiger partial charge in [-0.2, -0.15) is 0 Å². The number of carbonyl (C=O) groups is 1. The molecule has 190 valence electrons. The molecule has 5 heterocycles. The highest BCUT2D eigenvalue weighted by Crippen LogP contribution is 2.43. The zero-order valence-electron chi connectivity index (χ0n) is 20.9. The fraction of sp³-hybridized carbons (Fsp3) is 0.538. The number of carbonyl (C=O) groups excluding carboxylic acids is 1. The molecule has 0 aromatic carbocycles. The monoisotopic (exact) mass is 507 g/mol. The number of piperazine rings is 1. The molecule has 1 aliphatic carbocycles. The Morgan fingerprint density at radius 2 is 1.86 bits per heavy atom. The van der Waals surface area contributed by atoms with E-state index in [-0.39, 0.29) is 12.0 Å². The number of hydrogen-bond donors (Lipinski definition) is 1. The fourth-order valence-corrected chi connectivity index (χ4v) is 6.61. The van der Waals surface area contributed by atoms with Gasteiger partial charge in [0.2, 0.25) is 5.95 Å². The van der Waals surface area contributed by atoms with Gasteiger partial charge in [-0.3, -0.25) is 4.79 Å². The standard InChI is InChI=1S/C26H33N7O2S/c1-31-9-11-32(12-10-31)18-7-8-21(27-13-18)29-26-28-14-20-23(30-26)22(17-5-3-4-6-17)24(36-20)25(34)33-15-19(16-33)35-2/h7-8,13-14,17,19H,3-6,9-12,15-16H2,1-2H3,(H,27,28,29,30). The number of nitrogens with one attached hydrogen (secondary N) is 1. The van der Waals surface area contributed by atoms with E-state index in [2.05, 4.69) is 38.2 Å². The summed E-state index contributed by atoms with van der Waals surface area (Å²) in [4.78, 5) is 34.9. The molecule has 0 unspecified atom stereocenters. The maximum atomic E-state index is 13.4. The molecule has 3 aromatic heterocycles. The molecule has 1 N–H and O–H groups in total. The molecule has 2 aliphatic heterocycles. The Hall–Kier alpha value is -2.82. The minimum atomic E-state index is 0.101. The molecule has 3 aliphatic rings.